The average Bonchev–Trinajstić information content (AvgIpc) is 3.02. The van der Waals surface area contributed by atoms with Crippen LogP contribution in [0.25, 0.3) is 6.08 Å². The molecule has 0 saturated heterocycles. The number of carbonyl (C=O) groups excluding carboxylic acids is 1. The lowest BCUT2D eigenvalue weighted by Gasteiger charge is -2.18. The fourth-order valence-corrected chi connectivity index (χ4v) is 3.80. The van der Waals surface area contributed by atoms with Crippen LogP contribution in [0.1, 0.15) is 53.4 Å². The summed E-state index contributed by atoms with van der Waals surface area (Å²) in [7, 11) is 0. The number of ether oxygens (including phenoxy) is 2. The standard InChI is InChI=1S/C27H25ClO3/c1-17-12-22(30-16-19-6-5-7-21(28)13-19)15-23-25(17)26(29)24(31-23)14-18-8-10-20(11-9-18)27(2,3)4/h5-15H,16H2,1-4H3/b24-14-. The van der Waals surface area contributed by atoms with Gasteiger partial charge in [0.1, 0.15) is 18.1 Å². The van der Waals surface area contributed by atoms with Crippen LogP contribution < -0.4 is 9.47 Å². The van der Waals surface area contributed by atoms with E-state index in [0.717, 1.165) is 16.7 Å². The highest BCUT2D eigenvalue weighted by Crippen LogP contribution is 2.38. The van der Waals surface area contributed by atoms with Crippen LogP contribution in [0.2, 0.25) is 5.02 Å². The van der Waals surface area contributed by atoms with Crippen LogP contribution in [-0.2, 0) is 12.0 Å². The summed E-state index contributed by atoms with van der Waals surface area (Å²) in [6.07, 6.45) is 1.79. The van der Waals surface area contributed by atoms with Crippen LogP contribution in [0.5, 0.6) is 11.5 Å². The zero-order valence-electron chi connectivity index (χ0n) is 18.2. The van der Waals surface area contributed by atoms with E-state index < -0.39 is 0 Å². The molecule has 0 aliphatic carbocycles. The molecule has 1 aliphatic heterocycles. The Labute approximate surface area is 188 Å². The second kappa shape index (κ2) is 8.24. The Morgan fingerprint density at radius 1 is 1.03 bits per heavy atom. The van der Waals surface area contributed by atoms with E-state index in [-0.39, 0.29) is 11.2 Å². The quantitative estimate of drug-likeness (QED) is 0.411. The predicted octanol–water partition coefficient (Wildman–Crippen LogP) is 7.14. The van der Waals surface area contributed by atoms with Crippen LogP contribution >= 0.6 is 11.6 Å². The molecule has 0 N–H and O–H groups in total. The topological polar surface area (TPSA) is 35.5 Å². The monoisotopic (exact) mass is 432 g/mol. The summed E-state index contributed by atoms with van der Waals surface area (Å²) < 4.78 is 11.8. The fraction of sp³-hybridized carbons (Fsp3) is 0.222. The maximum Gasteiger partial charge on any atom is 0.232 e. The number of Topliss-reactive ketones (excluding diaryl/α,β-unsaturated/α-hetero) is 1. The Morgan fingerprint density at radius 2 is 1.77 bits per heavy atom. The Hall–Kier alpha value is -3.04. The van der Waals surface area contributed by atoms with Crippen molar-refractivity contribution in [3.63, 3.8) is 0 Å². The van der Waals surface area contributed by atoms with Gasteiger partial charge in [-0.2, -0.15) is 0 Å². The molecule has 0 radical (unpaired) electrons. The molecule has 0 amide bonds. The number of carbonyl (C=O) groups is 1. The van der Waals surface area contributed by atoms with Gasteiger partial charge in [0, 0.05) is 11.1 Å². The van der Waals surface area contributed by atoms with Gasteiger partial charge in [-0.15, -0.1) is 0 Å². The van der Waals surface area contributed by atoms with Crippen LogP contribution in [0.15, 0.2) is 66.4 Å². The number of rotatable bonds is 4. The third kappa shape index (κ3) is 4.67. The zero-order valence-corrected chi connectivity index (χ0v) is 18.9. The fourth-order valence-electron chi connectivity index (χ4n) is 3.58. The molecule has 3 aromatic rings. The highest BCUT2D eigenvalue weighted by molar-refractivity contribution is 6.30. The number of halogens is 1. The van der Waals surface area contributed by atoms with E-state index in [1.807, 2.05) is 49.4 Å². The Morgan fingerprint density at radius 3 is 2.45 bits per heavy atom. The molecule has 0 fully saturated rings. The van der Waals surface area contributed by atoms with Crippen molar-refractivity contribution < 1.29 is 14.3 Å². The Kier molecular flexibility index (Phi) is 5.63. The van der Waals surface area contributed by atoms with E-state index in [0.29, 0.717) is 34.5 Å². The molecule has 1 aliphatic rings. The molecular weight excluding hydrogens is 408 g/mol. The molecule has 4 rings (SSSR count). The highest BCUT2D eigenvalue weighted by atomic mass is 35.5. The molecule has 0 spiro atoms. The predicted molar refractivity (Wildman–Crippen MR) is 125 cm³/mol. The average molecular weight is 433 g/mol. The first-order valence-electron chi connectivity index (χ1n) is 10.3. The molecule has 158 valence electrons. The normalized spacial score (nSPS) is 14.5. The second-order valence-electron chi connectivity index (χ2n) is 8.84. The maximum absolute atomic E-state index is 12.9. The molecule has 0 saturated carbocycles. The summed E-state index contributed by atoms with van der Waals surface area (Å²) in [6, 6.07) is 19.4. The minimum absolute atomic E-state index is 0.0835. The summed E-state index contributed by atoms with van der Waals surface area (Å²) in [5, 5.41) is 0.672. The van der Waals surface area contributed by atoms with E-state index in [2.05, 4.69) is 32.9 Å². The van der Waals surface area contributed by atoms with Crippen molar-refractivity contribution in [1.29, 1.82) is 0 Å². The first kappa shape index (κ1) is 21.2. The van der Waals surface area contributed by atoms with Gasteiger partial charge in [0.25, 0.3) is 0 Å². The van der Waals surface area contributed by atoms with Gasteiger partial charge in [0.15, 0.2) is 5.76 Å². The smallest absolute Gasteiger partial charge is 0.232 e. The van der Waals surface area contributed by atoms with E-state index in [1.165, 1.54) is 5.56 Å². The first-order valence-corrected chi connectivity index (χ1v) is 10.7. The SMILES string of the molecule is Cc1cc(OCc2cccc(Cl)c2)cc2c1C(=O)/C(=C/c1ccc(C(C)(C)C)cc1)O2. The van der Waals surface area contributed by atoms with Crippen LogP contribution in [0, 0.1) is 6.92 Å². The van der Waals surface area contributed by atoms with E-state index in [9.17, 15) is 4.79 Å². The number of hydrogen-bond donors (Lipinski definition) is 0. The highest BCUT2D eigenvalue weighted by Gasteiger charge is 2.30. The van der Waals surface area contributed by atoms with Crippen LogP contribution in [0.4, 0.5) is 0 Å². The maximum atomic E-state index is 12.9. The first-order chi connectivity index (χ1) is 14.7. The number of ketones is 1. The molecular formula is C27H25ClO3. The summed E-state index contributed by atoms with van der Waals surface area (Å²) >= 11 is 6.04. The zero-order chi connectivity index (χ0) is 22.2. The van der Waals surface area contributed by atoms with Gasteiger partial charge in [0.05, 0.1) is 5.56 Å². The van der Waals surface area contributed by atoms with Gasteiger partial charge in [-0.3, -0.25) is 4.79 Å². The van der Waals surface area contributed by atoms with Crippen molar-refractivity contribution in [2.45, 2.75) is 39.7 Å². The molecule has 0 bridgehead atoms. The minimum Gasteiger partial charge on any atom is -0.489 e. The number of benzene rings is 3. The van der Waals surface area contributed by atoms with Gasteiger partial charge in [-0.05, 0) is 58.9 Å². The van der Waals surface area contributed by atoms with E-state index >= 15 is 0 Å². The second-order valence-corrected chi connectivity index (χ2v) is 9.28. The molecule has 3 nitrogen and oxygen atoms in total. The van der Waals surface area contributed by atoms with E-state index in [4.69, 9.17) is 21.1 Å². The Bertz CT molecular complexity index is 1170. The van der Waals surface area contributed by atoms with Crippen molar-refractivity contribution in [3.05, 3.63) is 99.3 Å². The van der Waals surface area contributed by atoms with Crippen molar-refractivity contribution in [3.8, 4) is 11.5 Å². The molecule has 31 heavy (non-hydrogen) atoms. The summed E-state index contributed by atoms with van der Waals surface area (Å²) in [5.41, 5.74) is 4.65. The van der Waals surface area contributed by atoms with Gasteiger partial charge < -0.3 is 9.47 Å². The number of aryl methyl sites for hydroxylation is 1. The van der Waals surface area contributed by atoms with Crippen LogP contribution in [-0.4, -0.2) is 5.78 Å². The molecule has 4 heteroatoms. The van der Waals surface area contributed by atoms with Gasteiger partial charge in [-0.1, -0.05) is 68.8 Å². The lowest BCUT2D eigenvalue weighted by molar-refractivity contribution is 0.101. The lowest BCUT2D eigenvalue weighted by Crippen LogP contribution is -2.10. The summed E-state index contributed by atoms with van der Waals surface area (Å²) in [6.45, 7) is 8.81. The molecule has 0 unspecified atom stereocenters. The molecule has 0 aromatic heterocycles. The number of hydrogen-bond acceptors (Lipinski definition) is 3. The molecule has 3 aromatic carbocycles. The summed E-state index contributed by atoms with van der Waals surface area (Å²) in [5.74, 6) is 1.41. The van der Waals surface area contributed by atoms with Crippen molar-refractivity contribution in [2.75, 3.05) is 0 Å². The van der Waals surface area contributed by atoms with Crippen molar-refractivity contribution in [2.24, 2.45) is 0 Å². The lowest BCUT2D eigenvalue weighted by atomic mass is 9.86. The molecule has 0 atom stereocenters. The van der Waals surface area contributed by atoms with Gasteiger partial charge in [-0.25, -0.2) is 0 Å². The largest absolute Gasteiger partial charge is 0.489 e. The molecule has 1 heterocycles. The minimum atomic E-state index is -0.103. The number of fused-ring (bicyclic) bond motifs is 1. The van der Waals surface area contributed by atoms with Crippen molar-refractivity contribution >= 4 is 23.5 Å². The van der Waals surface area contributed by atoms with Gasteiger partial charge in [0.2, 0.25) is 5.78 Å². The Balaban J connectivity index is 1.54. The van der Waals surface area contributed by atoms with Crippen molar-refractivity contribution in [1.82, 2.24) is 0 Å². The van der Waals surface area contributed by atoms with Gasteiger partial charge >= 0.3 is 0 Å². The number of allylic oxidation sites excluding steroid dienone is 1. The summed E-state index contributed by atoms with van der Waals surface area (Å²) in [4.78, 5) is 12.9. The van der Waals surface area contributed by atoms with Crippen LogP contribution in [0.3, 0.4) is 0 Å². The third-order valence-corrected chi connectivity index (χ3v) is 5.55. The third-order valence-electron chi connectivity index (χ3n) is 5.31. The van der Waals surface area contributed by atoms with E-state index in [1.54, 1.807) is 12.1 Å².